The van der Waals surface area contributed by atoms with Gasteiger partial charge in [0.05, 0.1) is 5.54 Å². The van der Waals surface area contributed by atoms with Crippen molar-refractivity contribution in [3.05, 3.63) is 54.0 Å². The molecule has 3 heterocycles. The number of H-pyrrole nitrogens is 1. The Morgan fingerprint density at radius 3 is 2.93 bits per heavy atom. The molecule has 2 aliphatic heterocycles. The van der Waals surface area contributed by atoms with E-state index in [1.807, 2.05) is 12.3 Å². The molecule has 28 heavy (non-hydrogen) atoms. The van der Waals surface area contributed by atoms with Crippen molar-refractivity contribution in [3.8, 4) is 11.1 Å². The Morgan fingerprint density at radius 2 is 2.14 bits per heavy atom. The van der Waals surface area contributed by atoms with Crippen LogP contribution in [0.15, 0.2) is 47.5 Å². The molecule has 0 radical (unpaired) electrons. The fraction of sp³-hybridized carbons (Fsp3) is 0.318. The van der Waals surface area contributed by atoms with Crippen LogP contribution in [-0.4, -0.2) is 27.3 Å². The molecular weight excluding hydrogens is 373 g/mol. The van der Waals surface area contributed by atoms with Gasteiger partial charge in [0.15, 0.2) is 0 Å². The summed E-state index contributed by atoms with van der Waals surface area (Å²) in [6, 6.07) is 11.7. The van der Waals surface area contributed by atoms with Crippen LogP contribution in [0.5, 0.6) is 0 Å². The summed E-state index contributed by atoms with van der Waals surface area (Å²) < 4.78 is 15.9. The van der Waals surface area contributed by atoms with Crippen molar-refractivity contribution in [1.82, 2.24) is 14.6 Å². The van der Waals surface area contributed by atoms with Crippen LogP contribution in [0.2, 0.25) is 0 Å². The monoisotopic (exact) mass is 395 g/mol. The summed E-state index contributed by atoms with van der Waals surface area (Å²) in [6.45, 7) is 5.17. The number of rotatable bonds is 3. The van der Waals surface area contributed by atoms with Crippen molar-refractivity contribution in [2.45, 2.75) is 43.2 Å². The topological polar surface area (TPSA) is 48.1 Å². The van der Waals surface area contributed by atoms with Crippen molar-refractivity contribution in [1.29, 1.82) is 0 Å². The number of aromatic amines is 1. The molecule has 2 atom stereocenters. The lowest BCUT2D eigenvalue weighted by molar-refractivity contribution is -0.119. The van der Waals surface area contributed by atoms with Gasteiger partial charge in [0.2, 0.25) is 5.91 Å². The fourth-order valence-corrected chi connectivity index (χ4v) is 5.64. The second-order valence-electron chi connectivity index (χ2n) is 8.10. The first-order valence-corrected chi connectivity index (χ1v) is 10.4. The highest BCUT2D eigenvalue weighted by molar-refractivity contribution is 7.97. The van der Waals surface area contributed by atoms with Gasteiger partial charge in [-0.05, 0) is 73.7 Å². The number of carbonyl (C=O) groups is 1. The Morgan fingerprint density at radius 1 is 1.29 bits per heavy atom. The van der Waals surface area contributed by atoms with Gasteiger partial charge in [0, 0.05) is 46.6 Å². The van der Waals surface area contributed by atoms with Gasteiger partial charge in [-0.25, -0.2) is 8.70 Å². The molecule has 5 rings (SSSR count). The minimum atomic E-state index is -0.233. The number of nitrogens with zero attached hydrogens (tertiary/aromatic N) is 1. The molecule has 1 fully saturated rings. The van der Waals surface area contributed by atoms with Crippen LogP contribution in [0.4, 0.5) is 4.39 Å². The number of amides is 1. The Hall–Kier alpha value is -2.31. The highest BCUT2D eigenvalue weighted by Gasteiger charge is 2.38. The van der Waals surface area contributed by atoms with E-state index in [0.29, 0.717) is 6.42 Å². The normalized spacial score (nSPS) is 24.7. The van der Waals surface area contributed by atoms with Crippen LogP contribution in [0.3, 0.4) is 0 Å². The maximum atomic E-state index is 13.5. The molecule has 4 nitrogen and oxygen atoms in total. The number of halogens is 1. The van der Waals surface area contributed by atoms with E-state index in [-0.39, 0.29) is 23.3 Å². The lowest BCUT2D eigenvalue weighted by Crippen LogP contribution is -2.46. The summed E-state index contributed by atoms with van der Waals surface area (Å²) in [5.74, 6) is -0.0852. The molecule has 1 aromatic heterocycles. The quantitative estimate of drug-likeness (QED) is 0.612. The highest BCUT2D eigenvalue weighted by atomic mass is 32.2. The third kappa shape index (κ3) is 2.91. The Balaban J connectivity index is 1.44. The number of hydrogen-bond donors (Lipinski definition) is 2. The first-order chi connectivity index (χ1) is 13.4. The number of benzene rings is 2. The lowest BCUT2D eigenvalue weighted by Gasteiger charge is -2.31. The van der Waals surface area contributed by atoms with E-state index in [1.165, 1.54) is 22.6 Å². The van der Waals surface area contributed by atoms with Gasteiger partial charge in [-0.2, -0.15) is 0 Å². The molecule has 1 amide bonds. The summed E-state index contributed by atoms with van der Waals surface area (Å²) in [6.07, 6.45) is 3.44. The van der Waals surface area contributed by atoms with Crippen LogP contribution in [0.25, 0.3) is 22.0 Å². The molecular formula is C22H22FN3OS. The fourth-order valence-electron chi connectivity index (χ4n) is 4.31. The molecule has 2 N–H and O–H groups in total. The van der Waals surface area contributed by atoms with E-state index < -0.39 is 0 Å². The van der Waals surface area contributed by atoms with E-state index in [4.69, 9.17) is 0 Å². The Bertz CT molecular complexity index is 1090. The average Bonchev–Trinajstić information content (AvgIpc) is 3.31. The van der Waals surface area contributed by atoms with Crippen molar-refractivity contribution < 1.29 is 9.18 Å². The van der Waals surface area contributed by atoms with Gasteiger partial charge in [-0.1, -0.05) is 6.07 Å². The standard InChI is InChI=1S/C22H22FN3OS/c1-13-17-9-14(18-11-24-19-10-15(23)4-5-16(18)19)3-6-20(17)28-26(13)12-22(2)8-7-21(27)25-22/h3-6,9-11,13,24H,7-8,12H2,1-2H3,(H,25,27). The Labute approximate surface area is 167 Å². The first kappa shape index (κ1) is 17.8. The summed E-state index contributed by atoms with van der Waals surface area (Å²) in [7, 11) is 0. The smallest absolute Gasteiger partial charge is 0.220 e. The zero-order valence-electron chi connectivity index (χ0n) is 15.9. The molecule has 3 aromatic rings. The van der Waals surface area contributed by atoms with Gasteiger partial charge in [-0.3, -0.25) is 4.79 Å². The van der Waals surface area contributed by atoms with Gasteiger partial charge in [0.25, 0.3) is 0 Å². The maximum Gasteiger partial charge on any atom is 0.220 e. The molecule has 1 saturated heterocycles. The summed E-state index contributed by atoms with van der Waals surface area (Å²) in [5.41, 5.74) is 4.16. The zero-order valence-corrected chi connectivity index (χ0v) is 16.7. The number of carbonyl (C=O) groups excluding carboxylic acids is 1. The molecule has 2 aliphatic rings. The Kier molecular flexibility index (Phi) is 4.03. The lowest BCUT2D eigenvalue weighted by atomic mass is 9.97. The number of fused-ring (bicyclic) bond motifs is 2. The average molecular weight is 396 g/mol. The van der Waals surface area contributed by atoms with E-state index in [1.54, 1.807) is 11.9 Å². The molecule has 2 unspecified atom stereocenters. The van der Waals surface area contributed by atoms with E-state index in [0.717, 1.165) is 35.0 Å². The van der Waals surface area contributed by atoms with Crippen LogP contribution in [0.1, 0.15) is 38.3 Å². The van der Waals surface area contributed by atoms with Gasteiger partial charge >= 0.3 is 0 Å². The van der Waals surface area contributed by atoms with Crippen molar-refractivity contribution >= 4 is 28.8 Å². The number of aromatic nitrogens is 1. The van der Waals surface area contributed by atoms with Crippen molar-refractivity contribution in [2.24, 2.45) is 0 Å². The summed E-state index contributed by atoms with van der Waals surface area (Å²) >= 11 is 1.77. The van der Waals surface area contributed by atoms with Crippen molar-refractivity contribution in [3.63, 3.8) is 0 Å². The highest BCUT2D eigenvalue weighted by Crippen LogP contribution is 2.46. The van der Waals surface area contributed by atoms with E-state index >= 15 is 0 Å². The molecule has 0 aliphatic carbocycles. The largest absolute Gasteiger partial charge is 0.360 e. The van der Waals surface area contributed by atoms with Crippen LogP contribution in [0, 0.1) is 5.82 Å². The third-order valence-electron chi connectivity index (χ3n) is 5.91. The van der Waals surface area contributed by atoms with Crippen LogP contribution in [-0.2, 0) is 4.79 Å². The van der Waals surface area contributed by atoms with Crippen LogP contribution < -0.4 is 5.32 Å². The number of hydrogen-bond acceptors (Lipinski definition) is 3. The molecule has 0 spiro atoms. The third-order valence-corrected chi connectivity index (χ3v) is 7.16. The van der Waals surface area contributed by atoms with E-state index in [2.05, 4.69) is 46.7 Å². The maximum absolute atomic E-state index is 13.5. The molecule has 6 heteroatoms. The molecule has 2 aromatic carbocycles. The van der Waals surface area contributed by atoms with Crippen molar-refractivity contribution in [2.75, 3.05) is 6.54 Å². The molecule has 0 saturated carbocycles. The summed E-state index contributed by atoms with van der Waals surface area (Å²) in [5, 5.41) is 4.16. The van der Waals surface area contributed by atoms with Crippen LogP contribution >= 0.6 is 11.9 Å². The van der Waals surface area contributed by atoms with Gasteiger partial charge in [0.1, 0.15) is 5.82 Å². The minimum absolute atomic E-state index is 0.148. The van der Waals surface area contributed by atoms with E-state index in [9.17, 15) is 9.18 Å². The first-order valence-electron chi connectivity index (χ1n) is 9.58. The number of nitrogens with one attached hydrogen (secondary N) is 2. The second-order valence-corrected chi connectivity index (χ2v) is 9.19. The zero-order chi connectivity index (χ0) is 19.5. The minimum Gasteiger partial charge on any atom is -0.360 e. The van der Waals surface area contributed by atoms with Gasteiger partial charge in [-0.15, -0.1) is 0 Å². The SMILES string of the molecule is CC1c2cc(-c3c[nH]c4cc(F)ccc34)ccc2SN1CC1(C)CCC(=O)N1. The molecule has 0 bridgehead atoms. The molecule has 144 valence electrons. The predicted molar refractivity (Wildman–Crippen MR) is 110 cm³/mol. The summed E-state index contributed by atoms with van der Waals surface area (Å²) in [4.78, 5) is 16.1. The predicted octanol–water partition coefficient (Wildman–Crippen LogP) is 5.03. The second kappa shape index (κ2) is 6.36. The van der Waals surface area contributed by atoms with Gasteiger partial charge < -0.3 is 10.3 Å².